The SMILES string of the molecule is Cc1ccc(NC(=O)[C@@H](C)OC(=O)CCCOc2ccc(C)cc2)cc1. The third-order valence-corrected chi connectivity index (χ3v) is 3.81. The maximum atomic E-state index is 12.1. The summed E-state index contributed by atoms with van der Waals surface area (Å²) in [6.45, 7) is 5.96. The minimum absolute atomic E-state index is 0.202. The van der Waals surface area contributed by atoms with E-state index >= 15 is 0 Å². The number of benzene rings is 2. The van der Waals surface area contributed by atoms with Crippen molar-refractivity contribution in [1.29, 1.82) is 0 Å². The molecule has 0 heterocycles. The average molecular weight is 355 g/mol. The molecule has 0 fully saturated rings. The largest absolute Gasteiger partial charge is 0.494 e. The summed E-state index contributed by atoms with van der Waals surface area (Å²) < 4.78 is 10.7. The maximum absolute atomic E-state index is 12.1. The van der Waals surface area contributed by atoms with Crippen LogP contribution in [0.1, 0.15) is 30.9 Å². The summed E-state index contributed by atoms with van der Waals surface area (Å²) in [7, 11) is 0. The van der Waals surface area contributed by atoms with Crippen LogP contribution in [0, 0.1) is 13.8 Å². The van der Waals surface area contributed by atoms with Gasteiger partial charge in [-0.15, -0.1) is 0 Å². The highest BCUT2D eigenvalue weighted by Gasteiger charge is 2.17. The quantitative estimate of drug-likeness (QED) is 0.573. The van der Waals surface area contributed by atoms with Crippen molar-refractivity contribution < 1.29 is 19.1 Å². The Morgan fingerprint density at radius 3 is 2.15 bits per heavy atom. The van der Waals surface area contributed by atoms with Crippen LogP contribution in [-0.2, 0) is 14.3 Å². The molecular formula is C21H25NO4. The van der Waals surface area contributed by atoms with Crippen molar-refractivity contribution in [3.05, 3.63) is 59.7 Å². The minimum atomic E-state index is -0.846. The van der Waals surface area contributed by atoms with E-state index in [9.17, 15) is 9.59 Å². The maximum Gasteiger partial charge on any atom is 0.306 e. The van der Waals surface area contributed by atoms with Crippen LogP contribution in [0.2, 0.25) is 0 Å². The number of anilines is 1. The molecule has 1 atom stereocenters. The van der Waals surface area contributed by atoms with Gasteiger partial charge in [0.15, 0.2) is 6.10 Å². The van der Waals surface area contributed by atoms with Crippen LogP contribution in [0.25, 0.3) is 0 Å². The van der Waals surface area contributed by atoms with Gasteiger partial charge in [-0.1, -0.05) is 35.4 Å². The highest BCUT2D eigenvalue weighted by molar-refractivity contribution is 5.95. The van der Waals surface area contributed by atoms with Gasteiger partial charge in [0.25, 0.3) is 5.91 Å². The molecule has 1 amide bonds. The minimum Gasteiger partial charge on any atom is -0.494 e. The summed E-state index contributed by atoms with van der Waals surface area (Å²) in [6.07, 6.45) is -0.116. The van der Waals surface area contributed by atoms with E-state index in [1.54, 1.807) is 6.92 Å². The molecule has 0 aromatic heterocycles. The summed E-state index contributed by atoms with van der Waals surface area (Å²) in [4.78, 5) is 23.9. The zero-order valence-corrected chi connectivity index (χ0v) is 15.5. The molecule has 26 heavy (non-hydrogen) atoms. The lowest BCUT2D eigenvalue weighted by Gasteiger charge is -2.14. The molecule has 0 aliphatic carbocycles. The molecule has 2 aromatic rings. The molecule has 0 bridgehead atoms. The number of carbonyl (C=O) groups is 2. The van der Waals surface area contributed by atoms with Gasteiger partial charge in [0.05, 0.1) is 6.61 Å². The van der Waals surface area contributed by atoms with Crippen LogP contribution in [-0.4, -0.2) is 24.6 Å². The van der Waals surface area contributed by atoms with E-state index in [0.29, 0.717) is 18.7 Å². The van der Waals surface area contributed by atoms with Crippen LogP contribution < -0.4 is 10.1 Å². The average Bonchev–Trinajstić information content (AvgIpc) is 2.62. The van der Waals surface area contributed by atoms with Gasteiger partial charge in [0, 0.05) is 12.1 Å². The first-order chi connectivity index (χ1) is 12.4. The van der Waals surface area contributed by atoms with Gasteiger partial charge in [-0.25, -0.2) is 0 Å². The number of hydrogen-bond acceptors (Lipinski definition) is 4. The number of carbonyl (C=O) groups excluding carboxylic acids is 2. The van der Waals surface area contributed by atoms with E-state index in [2.05, 4.69) is 5.32 Å². The summed E-state index contributed by atoms with van der Waals surface area (Å²) >= 11 is 0. The molecule has 0 saturated carbocycles. The van der Waals surface area contributed by atoms with Gasteiger partial charge in [-0.3, -0.25) is 9.59 Å². The van der Waals surface area contributed by atoms with Crippen molar-refractivity contribution in [3.63, 3.8) is 0 Å². The van der Waals surface area contributed by atoms with Crippen molar-refractivity contribution in [2.24, 2.45) is 0 Å². The second kappa shape index (κ2) is 9.61. The van der Waals surface area contributed by atoms with Gasteiger partial charge in [0.1, 0.15) is 5.75 Å². The number of nitrogens with one attached hydrogen (secondary N) is 1. The number of aryl methyl sites for hydroxylation is 2. The van der Waals surface area contributed by atoms with Crippen LogP contribution in [0.15, 0.2) is 48.5 Å². The molecule has 0 aliphatic heterocycles. The van der Waals surface area contributed by atoms with Crippen molar-refractivity contribution in [2.45, 2.75) is 39.7 Å². The van der Waals surface area contributed by atoms with Crippen molar-refractivity contribution in [1.82, 2.24) is 0 Å². The molecule has 1 N–H and O–H groups in total. The van der Waals surface area contributed by atoms with E-state index < -0.39 is 12.1 Å². The Bertz CT molecular complexity index is 723. The predicted octanol–water partition coefficient (Wildman–Crippen LogP) is 4.03. The van der Waals surface area contributed by atoms with Crippen molar-refractivity contribution in [2.75, 3.05) is 11.9 Å². The highest BCUT2D eigenvalue weighted by atomic mass is 16.5. The van der Waals surface area contributed by atoms with Gasteiger partial charge in [0.2, 0.25) is 0 Å². The first-order valence-corrected chi connectivity index (χ1v) is 8.70. The lowest BCUT2D eigenvalue weighted by Crippen LogP contribution is -2.30. The Labute approximate surface area is 154 Å². The summed E-state index contributed by atoms with van der Waals surface area (Å²) in [6, 6.07) is 15.2. The molecule has 5 heteroatoms. The van der Waals surface area contributed by atoms with E-state index in [1.807, 2.05) is 62.4 Å². The van der Waals surface area contributed by atoms with Gasteiger partial charge in [-0.05, 0) is 51.5 Å². The number of ether oxygens (including phenoxy) is 2. The van der Waals surface area contributed by atoms with Crippen LogP contribution >= 0.6 is 0 Å². The van der Waals surface area contributed by atoms with Crippen LogP contribution in [0.5, 0.6) is 5.75 Å². The molecule has 138 valence electrons. The number of hydrogen-bond donors (Lipinski definition) is 1. The Balaban J connectivity index is 1.66. The van der Waals surface area contributed by atoms with Gasteiger partial charge < -0.3 is 14.8 Å². The lowest BCUT2D eigenvalue weighted by molar-refractivity contribution is -0.153. The first kappa shape index (κ1) is 19.5. The van der Waals surface area contributed by atoms with Gasteiger partial charge >= 0.3 is 5.97 Å². The second-order valence-electron chi connectivity index (χ2n) is 6.25. The van der Waals surface area contributed by atoms with E-state index in [-0.39, 0.29) is 12.3 Å². The monoisotopic (exact) mass is 355 g/mol. The highest BCUT2D eigenvalue weighted by Crippen LogP contribution is 2.12. The Kier molecular flexibility index (Phi) is 7.21. The van der Waals surface area contributed by atoms with Crippen LogP contribution in [0.4, 0.5) is 5.69 Å². The zero-order chi connectivity index (χ0) is 18.9. The van der Waals surface area contributed by atoms with E-state index in [4.69, 9.17) is 9.47 Å². The molecule has 2 rings (SSSR count). The third kappa shape index (κ3) is 6.59. The normalized spacial score (nSPS) is 11.5. The first-order valence-electron chi connectivity index (χ1n) is 8.70. The topological polar surface area (TPSA) is 64.6 Å². The molecular weight excluding hydrogens is 330 g/mol. The molecule has 0 aliphatic rings. The molecule has 0 radical (unpaired) electrons. The molecule has 0 saturated heterocycles. The Morgan fingerprint density at radius 1 is 0.962 bits per heavy atom. The number of rotatable bonds is 8. The predicted molar refractivity (Wildman–Crippen MR) is 101 cm³/mol. The fourth-order valence-electron chi connectivity index (χ4n) is 2.23. The fourth-order valence-corrected chi connectivity index (χ4v) is 2.23. The van der Waals surface area contributed by atoms with Gasteiger partial charge in [-0.2, -0.15) is 0 Å². The second-order valence-corrected chi connectivity index (χ2v) is 6.25. The number of amides is 1. The van der Waals surface area contributed by atoms with Crippen molar-refractivity contribution in [3.8, 4) is 5.75 Å². The van der Waals surface area contributed by atoms with Crippen molar-refractivity contribution >= 4 is 17.6 Å². The molecule has 2 aromatic carbocycles. The standard InChI is InChI=1S/C21H25NO4/c1-15-6-10-18(11-7-15)22-21(24)17(3)26-20(23)5-4-14-25-19-12-8-16(2)9-13-19/h6-13,17H,4-5,14H2,1-3H3,(H,22,24)/t17-/m1/s1. The molecule has 0 spiro atoms. The molecule has 0 unspecified atom stereocenters. The Morgan fingerprint density at radius 2 is 1.54 bits per heavy atom. The summed E-state index contributed by atoms with van der Waals surface area (Å²) in [5.41, 5.74) is 2.95. The Hall–Kier alpha value is -2.82. The zero-order valence-electron chi connectivity index (χ0n) is 15.5. The summed E-state index contributed by atoms with van der Waals surface area (Å²) in [5, 5.41) is 2.73. The summed E-state index contributed by atoms with van der Waals surface area (Å²) in [5.74, 6) is 0.0111. The van der Waals surface area contributed by atoms with Crippen LogP contribution in [0.3, 0.4) is 0 Å². The molecule has 5 nitrogen and oxygen atoms in total. The van der Waals surface area contributed by atoms with E-state index in [0.717, 1.165) is 11.3 Å². The van der Waals surface area contributed by atoms with E-state index in [1.165, 1.54) is 5.56 Å². The third-order valence-electron chi connectivity index (χ3n) is 3.81. The fraction of sp³-hybridized carbons (Fsp3) is 0.333. The number of esters is 1. The smallest absolute Gasteiger partial charge is 0.306 e. The lowest BCUT2D eigenvalue weighted by atomic mass is 10.2.